The molecule has 3 heteroatoms. The topological polar surface area (TPSA) is 30.5 Å². The van der Waals surface area contributed by atoms with Crippen LogP contribution in [0.5, 0.6) is 0 Å². The van der Waals surface area contributed by atoms with E-state index in [4.69, 9.17) is 9.47 Å². The lowest BCUT2D eigenvalue weighted by Crippen LogP contribution is -2.56. The summed E-state index contributed by atoms with van der Waals surface area (Å²) in [4.78, 5) is 0. The Kier molecular flexibility index (Phi) is 5.24. The molecule has 3 nitrogen and oxygen atoms in total. The summed E-state index contributed by atoms with van der Waals surface area (Å²) in [6.45, 7) is 16.2. The zero-order valence-corrected chi connectivity index (χ0v) is 11.5. The third kappa shape index (κ3) is 7.77. The van der Waals surface area contributed by atoms with Crippen molar-refractivity contribution in [3.8, 4) is 0 Å². The van der Waals surface area contributed by atoms with Crippen LogP contribution >= 0.6 is 0 Å². The zero-order chi connectivity index (χ0) is 12.3. The van der Waals surface area contributed by atoms with E-state index in [1.807, 2.05) is 55.4 Å². The van der Waals surface area contributed by atoms with Gasteiger partial charge in [-0.25, -0.2) is 0 Å². The summed E-state index contributed by atoms with van der Waals surface area (Å²) in [5, 5.41) is 3.35. The number of nitrogens with one attached hydrogen (secondary N) is 1. The van der Waals surface area contributed by atoms with E-state index >= 15 is 0 Å². The van der Waals surface area contributed by atoms with Crippen LogP contribution in [0, 0.1) is 0 Å². The van der Waals surface area contributed by atoms with Crippen molar-refractivity contribution in [3.63, 3.8) is 0 Å². The van der Waals surface area contributed by atoms with E-state index in [1.54, 1.807) is 0 Å². The van der Waals surface area contributed by atoms with Crippen LogP contribution in [0.25, 0.3) is 0 Å². The summed E-state index contributed by atoms with van der Waals surface area (Å²) in [5.41, 5.74) is -0.765. The highest BCUT2D eigenvalue weighted by atomic mass is 16.5. The lowest BCUT2D eigenvalue weighted by molar-refractivity contribution is -0.159. The molecule has 0 heterocycles. The fraction of sp³-hybridized carbons (Fsp3) is 1.00. The third-order valence-electron chi connectivity index (χ3n) is 1.66. The monoisotopic (exact) mass is 217 g/mol. The molecule has 0 radical (unpaired) electrons. The number of rotatable bonds is 6. The molecule has 0 rings (SSSR count). The maximum absolute atomic E-state index is 5.76. The molecule has 0 unspecified atom stereocenters. The quantitative estimate of drug-likeness (QED) is 0.694. The van der Waals surface area contributed by atoms with Crippen molar-refractivity contribution in [1.82, 2.24) is 5.32 Å². The molecule has 1 N–H and O–H groups in total. The van der Waals surface area contributed by atoms with Crippen molar-refractivity contribution in [2.24, 2.45) is 0 Å². The van der Waals surface area contributed by atoms with Gasteiger partial charge in [0.1, 0.15) is 11.4 Å². The van der Waals surface area contributed by atoms with E-state index in [2.05, 4.69) is 5.32 Å². The summed E-state index contributed by atoms with van der Waals surface area (Å²) < 4.78 is 11.5. The molecule has 0 saturated carbocycles. The maximum Gasteiger partial charge on any atom is 0.116 e. The highest BCUT2D eigenvalue weighted by Crippen LogP contribution is 2.17. The fourth-order valence-electron chi connectivity index (χ4n) is 1.96. The normalized spacial score (nSPS) is 14.0. The van der Waals surface area contributed by atoms with Crippen LogP contribution in [0.2, 0.25) is 0 Å². The van der Waals surface area contributed by atoms with Gasteiger partial charge in [-0.2, -0.15) is 0 Å². The molecule has 0 bridgehead atoms. The van der Waals surface area contributed by atoms with Crippen LogP contribution in [0.1, 0.15) is 55.4 Å². The molecule has 0 atom stereocenters. The highest BCUT2D eigenvalue weighted by molar-refractivity contribution is 4.76. The first-order chi connectivity index (χ1) is 6.54. The maximum atomic E-state index is 5.76. The van der Waals surface area contributed by atoms with Crippen LogP contribution in [0.15, 0.2) is 0 Å². The smallest absolute Gasteiger partial charge is 0.116 e. The van der Waals surface area contributed by atoms with E-state index in [0.29, 0.717) is 0 Å². The van der Waals surface area contributed by atoms with Gasteiger partial charge < -0.3 is 9.47 Å². The summed E-state index contributed by atoms with van der Waals surface area (Å²) >= 11 is 0. The summed E-state index contributed by atoms with van der Waals surface area (Å²) in [5.74, 6) is 0. The van der Waals surface area contributed by atoms with Crippen molar-refractivity contribution in [2.45, 2.75) is 79.0 Å². The second-order valence-electron chi connectivity index (χ2n) is 5.48. The lowest BCUT2D eigenvalue weighted by Gasteiger charge is -2.38. The largest absolute Gasteiger partial charge is 0.359 e. The Hall–Kier alpha value is -0.120. The zero-order valence-electron chi connectivity index (χ0n) is 11.5. The Morgan fingerprint density at radius 1 is 0.733 bits per heavy atom. The van der Waals surface area contributed by atoms with Gasteiger partial charge in [-0.1, -0.05) is 0 Å². The first-order valence-corrected chi connectivity index (χ1v) is 5.69. The molecule has 0 aliphatic carbocycles. The first-order valence-electron chi connectivity index (χ1n) is 5.69. The third-order valence-corrected chi connectivity index (χ3v) is 1.66. The first kappa shape index (κ1) is 14.9. The number of hydrogen-bond donors (Lipinski definition) is 1. The van der Waals surface area contributed by atoms with E-state index in [0.717, 1.165) is 0 Å². The Bertz CT molecular complexity index is 166. The Labute approximate surface area is 94.5 Å². The highest BCUT2D eigenvalue weighted by Gasteiger charge is 2.30. The van der Waals surface area contributed by atoms with E-state index in [-0.39, 0.29) is 23.7 Å². The Morgan fingerprint density at radius 3 is 1.20 bits per heavy atom. The van der Waals surface area contributed by atoms with Gasteiger partial charge in [-0.05, 0) is 55.4 Å². The van der Waals surface area contributed by atoms with Crippen molar-refractivity contribution >= 4 is 0 Å². The van der Waals surface area contributed by atoms with Gasteiger partial charge in [-0.15, -0.1) is 0 Å². The van der Waals surface area contributed by atoms with Gasteiger partial charge in [0.15, 0.2) is 0 Å². The Morgan fingerprint density at radius 2 is 1.00 bits per heavy atom. The fourth-order valence-corrected chi connectivity index (χ4v) is 1.96. The molecular formula is C12H27NO2. The van der Waals surface area contributed by atoms with Crippen LogP contribution in [0.3, 0.4) is 0 Å². The van der Waals surface area contributed by atoms with Crippen LogP contribution < -0.4 is 5.32 Å². The van der Waals surface area contributed by atoms with Gasteiger partial charge in [0.25, 0.3) is 0 Å². The summed E-state index contributed by atoms with van der Waals surface area (Å²) in [6.07, 6.45) is 0.393. The predicted molar refractivity (Wildman–Crippen MR) is 63.7 cm³/mol. The molecule has 92 valence electrons. The van der Waals surface area contributed by atoms with E-state index in [1.165, 1.54) is 0 Å². The second-order valence-corrected chi connectivity index (χ2v) is 5.48. The predicted octanol–water partition coefficient (Wildman–Crippen LogP) is 2.90. The van der Waals surface area contributed by atoms with E-state index < -0.39 is 0 Å². The van der Waals surface area contributed by atoms with Gasteiger partial charge in [0.05, 0.1) is 12.2 Å². The molecule has 0 fully saturated rings. The standard InChI is InChI=1S/C12H27NO2/c1-9(2)14-11(5,6)13-12(7,8)15-10(3)4/h9-10,13H,1-8H3. The lowest BCUT2D eigenvalue weighted by atomic mass is 10.2. The molecule has 15 heavy (non-hydrogen) atoms. The van der Waals surface area contributed by atoms with Gasteiger partial charge in [-0.3, -0.25) is 5.32 Å². The Balaban J connectivity index is 4.29. The van der Waals surface area contributed by atoms with Crippen molar-refractivity contribution < 1.29 is 9.47 Å². The summed E-state index contributed by atoms with van der Waals surface area (Å²) in [6, 6.07) is 0. The van der Waals surface area contributed by atoms with Crippen LogP contribution in [-0.4, -0.2) is 23.7 Å². The minimum atomic E-state index is -0.382. The van der Waals surface area contributed by atoms with Crippen LogP contribution in [-0.2, 0) is 9.47 Å². The molecule has 0 aromatic heterocycles. The van der Waals surface area contributed by atoms with E-state index in [9.17, 15) is 0 Å². The number of ether oxygens (including phenoxy) is 2. The van der Waals surface area contributed by atoms with Crippen molar-refractivity contribution in [2.75, 3.05) is 0 Å². The minimum absolute atomic E-state index is 0.197. The molecule has 0 saturated heterocycles. The molecular weight excluding hydrogens is 190 g/mol. The second kappa shape index (κ2) is 5.28. The number of hydrogen-bond acceptors (Lipinski definition) is 3. The van der Waals surface area contributed by atoms with Gasteiger partial charge >= 0.3 is 0 Å². The SMILES string of the molecule is CC(C)OC(C)(C)NC(C)(C)OC(C)C. The average Bonchev–Trinajstić information content (AvgIpc) is 1.73. The molecule has 0 aromatic rings. The molecule has 0 aliphatic rings. The molecule has 0 aromatic carbocycles. The molecule has 0 amide bonds. The van der Waals surface area contributed by atoms with Gasteiger partial charge in [0, 0.05) is 0 Å². The van der Waals surface area contributed by atoms with Crippen molar-refractivity contribution in [3.05, 3.63) is 0 Å². The molecule has 0 spiro atoms. The minimum Gasteiger partial charge on any atom is -0.359 e. The van der Waals surface area contributed by atoms with Crippen molar-refractivity contribution in [1.29, 1.82) is 0 Å². The van der Waals surface area contributed by atoms with Gasteiger partial charge in [0.2, 0.25) is 0 Å². The molecule has 0 aliphatic heterocycles. The average molecular weight is 217 g/mol. The summed E-state index contributed by atoms with van der Waals surface area (Å²) in [7, 11) is 0. The van der Waals surface area contributed by atoms with Crippen LogP contribution in [0.4, 0.5) is 0 Å².